The number of morpholine rings is 1. The summed E-state index contributed by atoms with van der Waals surface area (Å²) in [6.45, 7) is 1.71. The molecule has 0 aromatic heterocycles. The summed E-state index contributed by atoms with van der Waals surface area (Å²) in [5.41, 5.74) is 0.788. The van der Waals surface area contributed by atoms with Gasteiger partial charge in [0.15, 0.2) is 0 Å². The van der Waals surface area contributed by atoms with E-state index < -0.39 is 10.0 Å². The van der Waals surface area contributed by atoms with Crippen LogP contribution in [-0.2, 0) is 26.1 Å². The molecular weight excluding hydrogens is 468 g/mol. The van der Waals surface area contributed by atoms with Gasteiger partial charge in [0, 0.05) is 29.1 Å². The van der Waals surface area contributed by atoms with Gasteiger partial charge in [-0.1, -0.05) is 39.7 Å². The van der Waals surface area contributed by atoms with E-state index in [1.54, 1.807) is 4.90 Å². The van der Waals surface area contributed by atoms with Crippen LogP contribution in [0.4, 0.5) is 0 Å². The molecule has 1 aliphatic rings. The molecule has 2 aromatic rings. The van der Waals surface area contributed by atoms with Crippen molar-refractivity contribution < 1.29 is 17.9 Å². The number of ether oxygens (including phenoxy) is 1. The number of nitrogens with zero attached hydrogens (tertiary/aromatic N) is 2. The van der Waals surface area contributed by atoms with Gasteiger partial charge < -0.3 is 9.64 Å². The van der Waals surface area contributed by atoms with Gasteiger partial charge >= 0.3 is 0 Å². The van der Waals surface area contributed by atoms with Gasteiger partial charge in [-0.2, -0.15) is 4.31 Å². The van der Waals surface area contributed by atoms with E-state index in [0.717, 1.165) is 10.0 Å². The smallest absolute Gasteiger partial charge is 0.243 e. The molecule has 0 aliphatic carbocycles. The van der Waals surface area contributed by atoms with Crippen molar-refractivity contribution in [3.05, 3.63) is 63.6 Å². The molecule has 0 bridgehead atoms. The topological polar surface area (TPSA) is 66.9 Å². The van der Waals surface area contributed by atoms with Crippen LogP contribution in [0.3, 0.4) is 0 Å². The molecule has 1 aliphatic heterocycles. The van der Waals surface area contributed by atoms with Crippen molar-refractivity contribution in [1.82, 2.24) is 9.21 Å². The van der Waals surface area contributed by atoms with Gasteiger partial charge in [0.05, 0.1) is 24.7 Å². The molecule has 0 radical (unpaired) electrons. The Morgan fingerprint density at radius 3 is 2.29 bits per heavy atom. The molecule has 2 aromatic carbocycles. The van der Waals surface area contributed by atoms with E-state index in [0.29, 0.717) is 31.3 Å². The first-order chi connectivity index (χ1) is 13.4. The Hall–Kier alpha value is -1.45. The number of hydrogen-bond donors (Lipinski definition) is 0. The summed E-state index contributed by atoms with van der Waals surface area (Å²) in [4.78, 5) is 14.5. The maximum atomic E-state index is 13.2. The zero-order valence-electron chi connectivity index (χ0n) is 15.1. The van der Waals surface area contributed by atoms with Crippen molar-refractivity contribution in [1.29, 1.82) is 0 Å². The van der Waals surface area contributed by atoms with Gasteiger partial charge in [-0.3, -0.25) is 4.79 Å². The van der Waals surface area contributed by atoms with E-state index in [4.69, 9.17) is 16.3 Å². The quantitative estimate of drug-likeness (QED) is 0.628. The van der Waals surface area contributed by atoms with Crippen LogP contribution in [0.15, 0.2) is 57.9 Å². The first-order valence-electron chi connectivity index (χ1n) is 8.72. The number of carbonyl (C=O) groups excluding carboxylic acids is 1. The highest BCUT2D eigenvalue weighted by Gasteiger charge is 2.29. The van der Waals surface area contributed by atoms with E-state index in [1.807, 2.05) is 24.3 Å². The van der Waals surface area contributed by atoms with Gasteiger partial charge in [0.1, 0.15) is 0 Å². The number of carbonyl (C=O) groups is 1. The number of rotatable bonds is 6. The molecule has 0 unspecified atom stereocenters. The lowest BCUT2D eigenvalue weighted by molar-refractivity contribution is -0.135. The molecule has 0 saturated carbocycles. The predicted octanol–water partition coefficient (Wildman–Crippen LogP) is 3.15. The van der Waals surface area contributed by atoms with Crippen LogP contribution in [0.25, 0.3) is 0 Å². The lowest BCUT2D eigenvalue weighted by Gasteiger charge is -2.29. The van der Waals surface area contributed by atoms with Gasteiger partial charge in [0.25, 0.3) is 0 Å². The highest BCUT2D eigenvalue weighted by atomic mass is 79.9. The van der Waals surface area contributed by atoms with Crippen LogP contribution < -0.4 is 0 Å². The third-order valence-electron chi connectivity index (χ3n) is 4.40. The Morgan fingerprint density at radius 1 is 1.07 bits per heavy atom. The molecule has 1 heterocycles. The number of sulfonamides is 1. The lowest BCUT2D eigenvalue weighted by atomic mass is 10.2. The van der Waals surface area contributed by atoms with E-state index in [1.165, 1.54) is 28.6 Å². The molecule has 1 fully saturated rings. The fourth-order valence-electron chi connectivity index (χ4n) is 2.84. The molecule has 150 valence electrons. The first-order valence-corrected chi connectivity index (χ1v) is 11.3. The molecule has 1 amide bonds. The van der Waals surface area contributed by atoms with Crippen molar-refractivity contribution >= 4 is 43.5 Å². The van der Waals surface area contributed by atoms with Crippen LogP contribution in [0.2, 0.25) is 5.02 Å². The second-order valence-electron chi connectivity index (χ2n) is 6.35. The summed E-state index contributed by atoms with van der Waals surface area (Å²) < 4.78 is 33.8. The maximum absolute atomic E-state index is 13.2. The Balaban J connectivity index is 1.87. The summed E-state index contributed by atoms with van der Waals surface area (Å²) in [6, 6.07) is 13.3. The molecule has 3 rings (SSSR count). The third-order valence-corrected chi connectivity index (χ3v) is 6.99. The fraction of sp³-hybridized carbons (Fsp3) is 0.316. The second kappa shape index (κ2) is 9.37. The van der Waals surface area contributed by atoms with Crippen molar-refractivity contribution in [3.8, 4) is 0 Å². The Bertz CT molecular complexity index is 914. The minimum atomic E-state index is -3.88. The van der Waals surface area contributed by atoms with Crippen LogP contribution >= 0.6 is 27.5 Å². The zero-order chi connectivity index (χ0) is 20.1. The number of halogens is 2. The molecule has 6 nitrogen and oxygen atoms in total. The summed E-state index contributed by atoms with van der Waals surface area (Å²) in [5, 5.41) is 0.447. The Morgan fingerprint density at radius 2 is 1.68 bits per heavy atom. The Labute approximate surface area is 178 Å². The molecular formula is C19H20BrClN2O4S. The van der Waals surface area contributed by atoms with Crippen molar-refractivity contribution in [2.24, 2.45) is 0 Å². The Kier molecular flexibility index (Phi) is 7.11. The highest BCUT2D eigenvalue weighted by molar-refractivity contribution is 9.10. The molecule has 1 saturated heterocycles. The predicted molar refractivity (Wildman–Crippen MR) is 111 cm³/mol. The van der Waals surface area contributed by atoms with Crippen LogP contribution in [0, 0.1) is 0 Å². The third kappa shape index (κ3) is 5.33. The van der Waals surface area contributed by atoms with Gasteiger partial charge in [0.2, 0.25) is 15.9 Å². The van der Waals surface area contributed by atoms with Crippen molar-refractivity contribution in [2.45, 2.75) is 11.4 Å². The second-order valence-corrected chi connectivity index (χ2v) is 9.64. The average Bonchev–Trinajstić information content (AvgIpc) is 2.70. The summed E-state index contributed by atoms with van der Waals surface area (Å²) >= 11 is 9.26. The molecule has 0 N–H and O–H groups in total. The fourth-order valence-corrected chi connectivity index (χ4v) is 4.61. The summed E-state index contributed by atoms with van der Waals surface area (Å²) in [5.74, 6) is -0.238. The van der Waals surface area contributed by atoms with Crippen LogP contribution in [-0.4, -0.2) is 56.4 Å². The number of hydrogen-bond acceptors (Lipinski definition) is 4. The van der Waals surface area contributed by atoms with Crippen LogP contribution in [0.5, 0.6) is 0 Å². The van der Waals surface area contributed by atoms with Gasteiger partial charge in [-0.05, 0) is 42.0 Å². The molecule has 28 heavy (non-hydrogen) atoms. The summed E-state index contributed by atoms with van der Waals surface area (Å²) in [7, 11) is -3.88. The van der Waals surface area contributed by atoms with Gasteiger partial charge in [-0.25, -0.2) is 8.42 Å². The standard InChI is InChI=1S/C19H20BrClN2O4S/c20-16-3-1-15(2-4-16)13-23(14-19(24)22-9-11-27-12-10-22)28(25,26)18-7-5-17(21)6-8-18/h1-8H,9-14H2. The number of benzene rings is 2. The molecule has 0 atom stereocenters. The van der Waals surface area contributed by atoms with E-state index in [9.17, 15) is 13.2 Å². The zero-order valence-corrected chi connectivity index (χ0v) is 18.2. The van der Waals surface area contributed by atoms with E-state index >= 15 is 0 Å². The number of amides is 1. The largest absolute Gasteiger partial charge is 0.378 e. The molecule has 0 spiro atoms. The minimum absolute atomic E-state index is 0.0916. The minimum Gasteiger partial charge on any atom is -0.378 e. The monoisotopic (exact) mass is 486 g/mol. The summed E-state index contributed by atoms with van der Waals surface area (Å²) in [6.07, 6.45) is 0. The highest BCUT2D eigenvalue weighted by Crippen LogP contribution is 2.21. The maximum Gasteiger partial charge on any atom is 0.243 e. The van der Waals surface area contributed by atoms with E-state index in [-0.39, 0.29) is 23.9 Å². The average molecular weight is 488 g/mol. The lowest BCUT2D eigenvalue weighted by Crippen LogP contribution is -2.46. The SMILES string of the molecule is O=C(CN(Cc1ccc(Br)cc1)S(=O)(=O)c1ccc(Cl)cc1)N1CCOCC1. The first kappa shape index (κ1) is 21.3. The van der Waals surface area contributed by atoms with E-state index in [2.05, 4.69) is 15.9 Å². The van der Waals surface area contributed by atoms with Gasteiger partial charge in [-0.15, -0.1) is 0 Å². The normalized spacial score (nSPS) is 15.0. The van der Waals surface area contributed by atoms with Crippen LogP contribution in [0.1, 0.15) is 5.56 Å². The molecule has 9 heteroatoms. The van der Waals surface area contributed by atoms with Crippen molar-refractivity contribution in [2.75, 3.05) is 32.8 Å². The van der Waals surface area contributed by atoms with Crippen molar-refractivity contribution in [3.63, 3.8) is 0 Å².